The standard InChI is InChI=1S/C17H20N4O5/c1-11-19-16(26-21-11)4-2-3-14(22)20-13-7-5-12(6-8-13)9-15(23)18-10-17(24)25/h5-8H,2-4,9-10H2,1H3,(H,18,23)(H,20,22)(H,24,25). The molecule has 2 rings (SSSR count). The summed E-state index contributed by atoms with van der Waals surface area (Å²) in [6.07, 6.45) is 1.53. The van der Waals surface area contributed by atoms with Crippen LogP contribution in [0.15, 0.2) is 28.8 Å². The molecule has 9 heteroatoms. The highest BCUT2D eigenvalue weighted by Crippen LogP contribution is 2.11. The molecule has 3 N–H and O–H groups in total. The number of hydrogen-bond acceptors (Lipinski definition) is 6. The lowest BCUT2D eigenvalue weighted by atomic mass is 10.1. The summed E-state index contributed by atoms with van der Waals surface area (Å²) in [7, 11) is 0. The van der Waals surface area contributed by atoms with Crippen molar-refractivity contribution in [1.82, 2.24) is 15.5 Å². The zero-order valence-electron chi connectivity index (χ0n) is 14.3. The van der Waals surface area contributed by atoms with Gasteiger partial charge in [0.15, 0.2) is 5.82 Å². The van der Waals surface area contributed by atoms with Gasteiger partial charge in [-0.3, -0.25) is 14.4 Å². The highest BCUT2D eigenvalue weighted by molar-refractivity contribution is 5.90. The van der Waals surface area contributed by atoms with Gasteiger partial charge in [0, 0.05) is 18.5 Å². The van der Waals surface area contributed by atoms with Gasteiger partial charge in [0.1, 0.15) is 6.54 Å². The van der Waals surface area contributed by atoms with Crippen LogP contribution in [0.3, 0.4) is 0 Å². The Kier molecular flexibility index (Phi) is 6.84. The number of aliphatic carboxylic acids is 1. The fourth-order valence-electron chi connectivity index (χ4n) is 2.19. The Balaban J connectivity index is 1.72. The average molecular weight is 360 g/mol. The number of carboxylic acids is 1. The number of nitrogens with zero attached hydrogens (tertiary/aromatic N) is 2. The molecular weight excluding hydrogens is 340 g/mol. The van der Waals surface area contributed by atoms with E-state index in [4.69, 9.17) is 9.63 Å². The number of carbonyl (C=O) groups is 3. The quantitative estimate of drug-likeness (QED) is 0.609. The number of anilines is 1. The van der Waals surface area contributed by atoms with Crippen LogP contribution < -0.4 is 10.6 Å². The Morgan fingerprint density at radius 3 is 2.50 bits per heavy atom. The number of aromatic nitrogens is 2. The topological polar surface area (TPSA) is 134 Å². The second kappa shape index (κ2) is 9.30. The van der Waals surface area contributed by atoms with E-state index in [0.29, 0.717) is 36.7 Å². The first-order valence-electron chi connectivity index (χ1n) is 8.09. The third-order valence-electron chi connectivity index (χ3n) is 3.40. The normalized spacial score (nSPS) is 10.3. The fourth-order valence-corrected chi connectivity index (χ4v) is 2.19. The molecule has 0 spiro atoms. The van der Waals surface area contributed by atoms with E-state index in [0.717, 1.165) is 5.56 Å². The number of nitrogens with one attached hydrogen (secondary N) is 2. The summed E-state index contributed by atoms with van der Waals surface area (Å²) >= 11 is 0. The molecule has 0 saturated heterocycles. The minimum absolute atomic E-state index is 0.0745. The van der Waals surface area contributed by atoms with Gasteiger partial charge < -0.3 is 20.3 Å². The SMILES string of the molecule is Cc1noc(CCCC(=O)Nc2ccc(CC(=O)NCC(=O)O)cc2)n1. The molecule has 138 valence electrons. The van der Waals surface area contributed by atoms with Crippen molar-refractivity contribution in [2.24, 2.45) is 0 Å². The van der Waals surface area contributed by atoms with Crippen molar-refractivity contribution in [2.75, 3.05) is 11.9 Å². The molecule has 0 fully saturated rings. The predicted octanol–water partition coefficient (Wildman–Crippen LogP) is 1.08. The Hall–Kier alpha value is -3.23. The summed E-state index contributed by atoms with van der Waals surface area (Å²) in [4.78, 5) is 37.9. The van der Waals surface area contributed by atoms with Gasteiger partial charge in [-0.05, 0) is 31.0 Å². The van der Waals surface area contributed by atoms with E-state index >= 15 is 0 Å². The summed E-state index contributed by atoms with van der Waals surface area (Å²) in [6, 6.07) is 6.80. The molecule has 0 saturated carbocycles. The minimum Gasteiger partial charge on any atom is -0.480 e. The number of amides is 2. The highest BCUT2D eigenvalue weighted by atomic mass is 16.5. The van der Waals surface area contributed by atoms with Crippen LogP contribution >= 0.6 is 0 Å². The van der Waals surface area contributed by atoms with E-state index in [1.807, 2.05) is 0 Å². The van der Waals surface area contributed by atoms with E-state index < -0.39 is 12.5 Å². The van der Waals surface area contributed by atoms with Crippen LogP contribution in [0.2, 0.25) is 0 Å². The number of benzene rings is 1. The molecule has 0 aliphatic heterocycles. The van der Waals surface area contributed by atoms with Crippen molar-refractivity contribution in [1.29, 1.82) is 0 Å². The lowest BCUT2D eigenvalue weighted by Gasteiger charge is -2.06. The van der Waals surface area contributed by atoms with Crippen LogP contribution in [0.1, 0.15) is 30.1 Å². The number of hydrogen-bond donors (Lipinski definition) is 3. The third kappa shape index (κ3) is 6.71. The Labute approximate surface area is 149 Å². The summed E-state index contributed by atoms with van der Waals surface area (Å²) < 4.78 is 4.98. The van der Waals surface area contributed by atoms with Gasteiger partial charge in [-0.2, -0.15) is 4.98 Å². The van der Waals surface area contributed by atoms with Crippen molar-refractivity contribution < 1.29 is 24.0 Å². The molecule has 26 heavy (non-hydrogen) atoms. The first-order chi connectivity index (χ1) is 12.4. The van der Waals surface area contributed by atoms with Crippen LogP contribution in [0.25, 0.3) is 0 Å². The van der Waals surface area contributed by atoms with Crippen LogP contribution in [0.5, 0.6) is 0 Å². The van der Waals surface area contributed by atoms with Crippen molar-refractivity contribution in [3.8, 4) is 0 Å². The average Bonchev–Trinajstić information content (AvgIpc) is 3.00. The molecule has 0 radical (unpaired) electrons. The maximum Gasteiger partial charge on any atom is 0.322 e. The van der Waals surface area contributed by atoms with E-state index in [2.05, 4.69) is 20.8 Å². The molecular formula is C17H20N4O5. The molecule has 2 aromatic rings. The van der Waals surface area contributed by atoms with Crippen LogP contribution in [0, 0.1) is 6.92 Å². The maximum atomic E-state index is 11.9. The van der Waals surface area contributed by atoms with Crippen LogP contribution in [-0.4, -0.2) is 39.6 Å². The monoisotopic (exact) mass is 360 g/mol. The molecule has 0 bridgehead atoms. The third-order valence-corrected chi connectivity index (χ3v) is 3.40. The molecule has 0 aliphatic carbocycles. The first-order valence-corrected chi connectivity index (χ1v) is 8.09. The van der Waals surface area contributed by atoms with Gasteiger partial charge in [-0.25, -0.2) is 0 Å². The van der Waals surface area contributed by atoms with Gasteiger partial charge in [0.2, 0.25) is 17.7 Å². The van der Waals surface area contributed by atoms with Crippen molar-refractivity contribution in [3.63, 3.8) is 0 Å². The molecule has 0 aliphatic rings. The maximum absolute atomic E-state index is 11.9. The molecule has 1 heterocycles. The van der Waals surface area contributed by atoms with Crippen molar-refractivity contribution in [2.45, 2.75) is 32.6 Å². The van der Waals surface area contributed by atoms with Gasteiger partial charge in [0.25, 0.3) is 0 Å². The van der Waals surface area contributed by atoms with Crippen LogP contribution in [0.4, 0.5) is 5.69 Å². The van der Waals surface area contributed by atoms with Gasteiger partial charge >= 0.3 is 5.97 Å². The van der Waals surface area contributed by atoms with Gasteiger partial charge in [-0.1, -0.05) is 17.3 Å². The number of carbonyl (C=O) groups excluding carboxylic acids is 2. The predicted molar refractivity (Wildman–Crippen MR) is 91.4 cm³/mol. The summed E-state index contributed by atoms with van der Waals surface area (Å²) in [5, 5.41) is 17.3. The van der Waals surface area contributed by atoms with Gasteiger partial charge in [-0.15, -0.1) is 0 Å². The molecule has 1 aromatic heterocycles. The summed E-state index contributed by atoms with van der Waals surface area (Å²) in [6.45, 7) is 1.33. The molecule has 1 aromatic carbocycles. The zero-order chi connectivity index (χ0) is 18.9. The Morgan fingerprint density at radius 1 is 1.15 bits per heavy atom. The highest BCUT2D eigenvalue weighted by Gasteiger charge is 2.08. The van der Waals surface area contributed by atoms with E-state index in [1.165, 1.54) is 0 Å². The fraction of sp³-hybridized carbons (Fsp3) is 0.353. The van der Waals surface area contributed by atoms with Crippen molar-refractivity contribution >= 4 is 23.5 Å². The molecule has 9 nitrogen and oxygen atoms in total. The number of aryl methyl sites for hydroxylation is 2. The Bertz CT molecular complexity index is 770. The van der Waals surface area contributed by atoms with E-state index in [-0.39, 0.29) is 18.2 Å². The zero-order valence-corrected chi connectivity index (χ0v) is 14.3. The number of rotatable bonds is 9. The molecule has 0 atom stereocenters. The van der Waals surface area contributed by atoms with Crippen LogP contribution in [-0.2, 0) is 27.2 Å². The minimum atomic E-state index is -1.09. The lowest BCUT2D eigenvalue weighted by molar-refractivity contribution is -0.137. The van der Waals surface area contributed by atoms with E-state index in [9.17, 15) is 14.4 Å². The van der Waals surface area contributed by atoms with Gasteiger partial charge in [0.05, 0.1) is 6.42 Å². The Morgan fingerprint density at radius 2 is 1.88 bits per heavy atom. The summed E-state index contributed by atoms with van der Waals surface area (Å²) in [5.41, 5.74) is 1.34. The largest absolute Gasteiger partial charge is 0.480 e. The molecule has 2 amide bonds. The first kappa shape index (κ1) is 19.1. The van der Waals surface area contributed by atoms with Crippen molar-refractivity contribution in [3.05, 3.63) is 41.5 Å². The lowest BCUT2D eigenvalue weighted by Crippen LogP contribution is -2.30. The molecule has 0 unspecified atom stereocenters. The second-order valence-electron chi connectivity index (χ2n) is 5.68. The smallest absolute Gasteiger partial charge is 0.322 e. The number of carboxylic acid groups (broad SMARTS) is 1. The van der Waals surface area contributed by atoms with E-state index in [1.54, 1.807) is 31.2 Å². The summed E-state index contributed by atoms with van der Waals surface area (Å²) in [5.74, 6) is -0.513. The second-order valence-corrected chi connectivity index (χ2v) is 5.68.